The minimum absolute atomic E-state index is 0.171. The summed E-state index contributed by atoms with van der Waals surface area (Å²) in [4.78, 5) is 24.4. The first-order valence-electron chi connectivity index (χ1n) is 6.37. The monoisotopic (exact) mass is 295 g/mol. The first-order chi connectivity index (χ1) is 9.58. The SMILES string of the molecule is Cc1cccc(OCCC(=O)N2CSC[C@H]2C(=O)O)c1. The van der Waals surface area contributed by atoms with Crippen LogP contribution >= 0.6 is 11.8 Å². The Morgan fingerprint density at radius 2 is 2.30 bits per heavy atom. The maximum atomic E-state index is 12.0. The van der Waals surface area contributed by atoms with Crippen LogP contribution in [0, 0.1) is 6.92 Å². The zero-order valence-corrected chi connectivity index (χ0v) is 12.1. The molecule has 1 aromatic carbocycles. The van der Waals surface area contributed by atoms with Gasteiger partial charge in [0.15, 0.2) is 0 Å². The van der Waals surface area contributed by atoms with E-state index in [1.165, 1.54) is 16.7 Å². The Balaban J connectivity index is 1.82. The smallest absolute Gasteiger partial charge is 0.327 e. The Bertz CT molecular complexity index is 506. The van der Waals surface area contributed by atoms with Gasteiger partial charge in [-0.25, -0.2) is 4.79 Å². The molecule has 0 aromatic heterocycles. The highest BCUT2D eigenvalue weighted by Gasteiger charge is 2.34. The van der Waals surface area contributed by atoms with Gasteiger partial charge in [0.25, 0.3) is 0 Å². The van der Waals surface area contributed by atoms with Crippen LogP contribution in [-0.2, 0) is 9.59 Å². The third-order valence-corrected chi connectivity index (χ3v) is 4.07. The van der Waals surface area contributed by atoms with Gasteiger partial charge in [0.1, 0.15) is 11.8 Å². The summed E-state index contributed by atoms with van der Waals surface area (Å²) in [5.41, 5.74) is 1.09. The molecule has 1 aromatic rings. The number of carbonyl (C=O) groups is 2. The first kappa shape index (κ1) is 14.7. The van der Waals surface area contributed by atoms with Gasteiger partial charge in [-0.1, -0.05) is 12.1 Å². The number of carboxylic acid groups (broad SMARTS) is 1. The minimum Gasteiger partial charge on any atom is -0.493 e. The van der Waals surface area contributed by atoms with Crippen molar-refractivity contribution in [3.63, 3.8) is 0 Å². The molecule has 2 rings (SSSR count). The van der Waals surface area contributed by atoms with E-state index in [-0.39, 0.29) is 18.9 Å². The van der Waals surface area contributed by atoms with Crippen LogP contribution in [0.4, 0.5) is 0 Å². The van der Waals surface area contributed by atoms with Gasteiger partial charge >= 0.3 is 5.97 Å². The van der Waals surface area contributed by atoms with E-state index in [0.717, 1.165) is 11.3 Å². The summed E-state index contributed by atoms with van der Waals surface area (Å²) in [5, 5.41) is 9.03. The summed E-state index contributed by atoms with van der Waals surface area (Å²) >= 11 is 1.46. The summed E-state index contributed by atoms with van der Waals surface area (Å²) < 4.78 is 5.51. The number of amides is 1. The molecule has 1 amide bonds. The lowest BCUT2D eigenvalue weighted by Gasteiger charge is -2.20. The molecular formula is C14H17NO4S. The molecule has 1 fully saturated rings. The van der Waals surface area contributed by atoms with Crippen LogP contribution in [-0.4, -0.2) is 46.2 Å². The molecule has 1 heterocycles. The van der Waals surface area contributed by atoms with E-state index < -0.39 is 12.0 Å². The molecule has 1 N–H and O–H groups in total. The van der Waals surface area contributed by atoms with Crippen molar-refractivity contribution in [2.75, 3.05) is 18.2 Å². The van der Waals surface area contributed by atoms with Gasteiger partial charge in [-0.15, -0.1) is 11.8 Å². The normalized spacial score (nSPS) is 18.1. The summed E-state index contributed by atoms with van der Waals surface area (Å²) in [7, 11) is 0. The second kappa shape index (κ2) is 6.65. The molecule has 0 spiro atoms. The van der Waals surface area contributed by atoms with Gasteiger partial charge in [-0.05, 0) is 24.6 Å². The van der Waals surface area contributed by atoms with Crippen LogP contribution < -0.4 is 4.74 Å². The van der Waals surface area contributed by atoms with Crippen LogP contribution in [0.25, 0.3) is 0 Å². The maximum absolute atomic E-state index is 12.0. The van der Waals surface area contributed by atoms with Crippen molar-refractivity contribution in [2.24, 2.45) is 0 Å². The Hall–Kier alpha value is -1.69. The number of hydrogen-bond acceptors (Lipinski definition) is 4. The second-order valence-electron chi connectivity index (χ2n) is 4.63. The number of rotatable bonds is 5. The average Bonchev–Trinajstić information content (AvgIpc) is 2.88. The summed E-state index contributed by atoms with van der Waals surface area (Å²) in [5.74, 6) is 0.515. The van der Waals surface area contributed by atoms with E-state index in [4.69, 9.17) is 9.84 Å². The van der Waals surface area contributed by atoms with Crippen molar-refractivity contribution in [3.8, 4) is 5.75 Å². The highest BCUT2D eigenvalue weighted by atomic mass is 32.2. The van der Waals surface area contributed by atoms with E-state index in [1.54, 1.807) is 0 Å². The van der Waals surface area contributed by atoms with Gasteiger partial charge in [0, 0.05) is 5.75 Å². The molecule has 0 unspecified atom stereocenters. The third kappa shape index (κ3) is 3.66. The molecule has 1 saturated heterocycles. The lowest BCUT2D eigenvalue weighted by molar-refractivity contribution is -0.147. The summed E-state index contributed by atoms with van der Waals surface area (Å²) in [6.07, 6.45) is 0.193. The predicted molar refractivity (Wildman–Crippen MR) is 76.9 cm³/mol. The standard InChI is InChI=1S/C14H17NO4S/c1-10-3-2-4-11(7-10)19-6-5-13(16)15-9-20-8-12(15)14(17)18/h2-4,7,12H,5-6,8-9H2,1H3,(H,17,18)/t12-/m0/s1. The molecule has 20 heavy (non-hydrogen) atoms. The van der Waals surface area contributed by atoms with Gasteiger partial charge in [-0.3, -0.25) is 4.79 Å². The number of carbonyl (C=O) groups excluding carboxylic acids is 1. The van der Waals surface area contributed by atoms with Crippen molar-refractivity contribution in [2.45, 2.75) is 19.4 Å². The first-order valence-corrected chi connectivity index (χ1v) is 7.53. The molecule has 0 aliphatic carbocycles. The minimum atomic E-state index is -0.942. The summed E-state index contributed by atoms with van der Waals surface area (Å²) in [6.45, 7) is 2.23. The van der Waals surface area contributed by atoms with Crippen molar-refractivity contribution in [3.05, 3.63) is 29.8 Å². The van der Waals surface area contributed by atoms with Crippen LogP contribution in [0.1, 0.15) is 12.0 Å². The Morgan fingerprint density at radius 1 is 1.50 bits per heavy atom. The number of nitrogens with zero attached hydrogens (tertiary/aromatic N) is 1. The molecular weight excluding hydrogens is 278 g/mol. The summed E-state index contributed by atoms with van der Waals surface area (Å²) in [6, 6.07) is 6.90. The fraction of sp³-hybridized carbons (Fsp3) is 0.429. The van der Waals surface area contributed by atoms with Crippen molar-refractivity contribution in [1.29, 1.82) is 0 Å². The Kier molecular flexibility index (Phi) is 4.89. The lowest BCUT2D eigenvalue weighted by Crippen LogP contribution is -2.42. The number of hydrogen-bond donors (Lipinski definition) is 1. The highest BCUT2D eigenvalue weighted by Crippen LogP contribution is 2.22. The fourth-order valence-electron chi connectivity index (χ4n) is 2.00. The molecule has 6 heteroatoms. The van der Waals surface area contributed by atoms with Gasteiger partial charge < -0.3 is 14.7 Å². The fourth-order valence-corrected chi connectivity index (χ4v) is 3.17. The number of aliphatic carboxylic acids is 1. The van der Waals surface area contributed by atoms with Crippen LogP contribution in [0.15, 0.2) is 24.3 Å². The Morgan fingerprint density at radius 3 is 3.00 bits per heavy atom. The topological polar surface area (TPSA) is 66.8 Å². The molecule has 5 nitrogen and oxygen atoms in total. The molecule has 108 valence electrons. The van der Waals surface area contributed by atoms with Crippen LogP contribution in [0.5, 0.6) is 5.75 Å². The molecule has 0 bridgehead atoms. The second-order valence-corrected chi connectivity index (χ2v) is 5.63. The van der Waals surface area contributed by atoms with E-state index in [0.29, 0.717) is 11.6 Å². The van der Waals surface area contributed by atoms with Gasteiger partial charge in [0.2, 0.25) is 5.91 Å². The number of thioether (sulfide) groups is 1. The molecule has 1 aliphatic rings. The number of carboxylic acids is 1. The average molecular weight is 295 g/mol. The van der Waals surface area contributed by atoms with Gasteiger partial charge in [-0.2, -0.15) is 0 Å². The van der Waals surface area contributed by atoms with Crippen molar-refractivity contribution in [1.82, 2.24) is 4.90 Å². The maximum Gasteiger partial charge on any atom is 0.327 e. The van der Waals surface area contributed by atoms with E-state index >= 15 is 0 Å². The number of benzene rings is 1. The quantitative estimate of drug-likeness (QED) is 0.896. The molecule has 1 aliphatic heterocycles. The zero-order chi connectivity index (χ0) is 14.5. The zero-order valence-electron chi connectivity index (χ0n) is 11.2. The molecule has 1 atom stereocenters. The lowest BCUT2D eigenvalue weighted by atomic mass is 10.2. The van der Waals surface area contributed by atoms with E-state index in [9.17, 15) is 9.59 Å². The third-order valence-electron chi connectivity index (χ3n) is 3.06. The van der Waals surface area contributed by atoms with E-state index in [2.05, 4.69) is 0 Å². The van der Waals surface area contributed by atoms with Crippen LogP contribution in [0.3, 0.4) is 0 Å². The van der Waals surface area contributed by atoms with Crippen molar-refractivity contribution >= 4 is 23.6 Å². The highest BCUT2D eigenvalue weighted by molar-refractivity contribution is 7.99. The molecule has 0 radical (unpaired) electrons. The Labute approximate surface area is 121 Å². The number of ether oxygens (including phenoxy) is 1. The largest absolute Gasteiger partial charge is 0.493 e. The van der Waals surface area contributed by atoms with Crippen LogP contribution in [0.2, 0.25) is 0 Å². The predicted octanol–water partition coefficient (Wildman–Crippen LogP) is 1.75. The van der Waals surface area contributed by atoms with E-state index in [1.807, 2.05) is 31.2 Å². The van der Waals surface area contributed by atoms with Crippen molar-refractivity contribution < 1.29 is 19.4 Å². The van der Waals surface area contributed by atoms with Gasteiger partial charge in [0.05, 0.1) is 18.9 Å². The molecule has 0 saturated carbocycles. The number of aryl methyl sites for hydroxylation is 1.